The van der Waals surface area contributed by atoms with Gasteiger partial charge in [0.15, 0.2) is 0 Å². The van der Waals surface area contributed by atoms with Gasteiger partial charge in [0.1, 0.15) is 16.5 Å². The van der Waals surface area contributed by atoms with Gasteiger partial charge in [0, 0.05) is 61.1 Å². The average Bonchev–Trinajstić information content (AvgIpc) is 3.16. The van der Waals surface area contributed by atoms with E-state index in [0.717, 1.165) is 5.39 Å². The molecule has 0 unspecified atom stereocenters. The topological polar surface area (TPSA) is 103 Å². The normalized spacial score (nSPS) is 14.8. The number of carbonyl (C=O) groups is 1. The number of nitrogens with zero attached hydrogens (tertiary/aromatic N) is 3. The number of hydrogen-bond donors (Lipinski definition) is 2. The van der Waals surface area contributed by atoms with Crippen LogP contribution in [0.2, 0.25) is 0 Å². The molecule has 2 heterocycles. The smallest absolute Gasteiger partial charge is 0.264 e. The third-order valence-corrected chi connectivity index (χ3v) is 8.03. The van der Waals surface area contributed by atoms with Crippen LogP contribution in [0.4, 0.5) is 10.1 Å². The molecule has 0 bridgehead atoms. The summed E-state index contributed by atoms with van der Waals surface area (Å²) in [6.07, 6.45) is 2.26. The van der Waals surface area contributed by atoms with Crippen molar-refractivity contribution in [2.24, 2.45) is 0 Å². The minimum absolute atomic E-state index is 0.0744. The summed E-state index contributed by atoms with van der Waals surface area (Å²) in [6, 6.07) is 19.1. The van der Waals surface area contributed by atoms with Gasteiger partial charge in [0.25, 0.3) is 15.9 Å². The lowest BCUT2D eigenvalue weighted by Crippen LogP contribution is -2.35. The first kappa shape index (κ1) is 25.6. The van der Waals surface area contributed by atoms with Crippen molar-refractivity contribution in [3.63, 3.8) is 0 Å². The van der Waals surface area contributed by atoms with Crippen LogP contribution < -0.4 is 4.72 Å². The average molecular weight is 535 g/mol. The molecular weight excluding hydrogens is 507 g/mol. The van der Waals surface area contributed by atoms with Crippen molar-refractivity contribution in [1.82, 2.24) is 14.8 Å². The van der Waals surface area contributed by atoms with Gasteiger partial charge in [-0.05, 0) is 55.0 Å². The molecule has 4 aromatic rings. The number of aromatic nitrogens is 1. The minimum atomic E-state index is -3.89. The minimum Gasteiger partial charge on any atom is -0.508 e. The van der Waals surface area contributed by atoms with Crippen molar-refractivity contribution in [2.75, 3.05) is 30.9 Å². The molecular formula is C28H27FN4O4S. The van der Waals surface area contributed by atoms with Crippen molar-refractivity contribution in [3.05, 3.63) is 95.9 Å². The van der Waals surface area contributed by atoms with Crippen LogP contribution in [0.15, 0.2) is 83.9 Å². The molecule has 0 aliphatic carbocycles. The fourth-order valence-electron chi connectivity index (χ4n) is 4.63. The summed E-state index contributed by atoms with van der Waals surface area (Å²) in [7, 11) is -3.89. The second-order valence-electron chi connectivity index (χ2n) is 9.17. The molecule has 1 aliphatic heterocycles. The zero-order valence-electron chi connectivity index (χ0n) is 20.5. The molecule has 38 heavy (non-hydrogen) atoms. The predicted octanol–water partition coefficient (Wildman–Crippen LogP) is 4.23. The zero-order valence-corrected chi connectivity index (χ0v) is 21.4. The summed E-state index contributed by atoms with van der Waals surface area (Å²) in [6.45, 7) is 2.47. The number of halogens is 1. The van der Waals surface area contributed by atoms with Crippen molar-refractivity contribution >= 4 is 32.5 Å². The van der Waals surface area contributed by atoms with Gasteiger partial charge >= 0.3 is 0 Å². The van der Waals surface area contributed by atoms with Crippen LogP contribution in [0.1, 0.15) is 22.3 Å². The summed E-state index contributed by atoms with van der Waals surface area (Å²) in [5, 5.41) is 10.7. The molecule has 0 saturated carbocycles. The third-order valence-electron chi connectivity index (χ3n) is 6.62. The van der Waals surface area contributed by atoms with Gasteiger partial charge < -0.3 is 10.0 Å². The third kappa shape index (κ3) is 5.46. The molecule has 196 valence electrons. The number of benzene rings is 3. The molecule has 3 aromatic carbocycles. The lowest BCUT2D eigenvalue weighted by Gasteiger charge is -2.22. The molecule has 0 radical (unpaired) electrons. The number of rotatable bonds is 6. The number of carbonyl (C=O) groups excluding carboxylic acids is 1. The number of nitrogens with one attached hydrogen (secondary N) is 1. The molecule has 5 rings (SSSR count). The molecule has 1 saturated heterocycles. The number of sulfonamides is 1. The van der Waals surface area contributed by atoms with Gasteiger partial charge in [0.05, 0.1) is 5.52 Å². The first-order chi connectivity index (χ1) is 18.3. The summed E-state index contributed by atoms with van der Waals surface area (Å²) >= 11 is 0. The van der Waals surface area contributed by atoms with E-state index in [1.54, 1.807) is 59.6 Å². The summed E-state index contributed by atoms with van der Waals surface area (Å²) in [5.41, 5.74) is 1.42. The van der Waals surface area contributed by atoms with Crippen molar-refractivity contribution in [2.45, 2.75) is 17.9 Å². The molecule has 10 heteroatoms. The Hall–Kier alpha value is -4.02. The highest BCUT2D eigenvalue weighted by atomic mass is 32.2. The van der Waals surface area contributed by atoms with E-state index in [1.807, 2.05) is 4.90 Å². The predicted molar refractivity (Wildman–Crippen MR) is 143 cm³/mol. The van der Waals surface area contributed by atoms with Crippen LogP contribution >= 0.6 is 0 Å². The number of anilines is 1. The largest absolute Gasteiger partial charge is 0.508 e. The Bertz CT molecular complexity index is 1550. The maximum atomic E-state index is 14.1. The second kappa shape index (κ2) is 10.8. The number of amides is 1. The quantitative estimate of drug-likeness (QED) is 0.384. The number of hydrogen-bond acceptors (Lipinski definition) is 6. The molecule has 1 fully saturated rings. The Morgan fingerprint density at radius 3 is 2.50 bits per heavy atom. The number of para-hydroxylation sites is 1. The standard InChI is InChI=1S/C28H27FN4O4S/c29-24-7-2-8-25(34)23(24)19-32-15-4-16-33(18-17-32)28(35)21-10-12-22(13-11-21)31-38(36,37)26-9-1-5-20-6-3-14-30-27(20)26/h1-3,5-14,31,34H,4,15-19H2. The lowest BCUT2D eigenvalue weighted by molar-refractivity contribution is 0.0761. The Kier molecular flexibility index (Phi) is 7.26. The SMILES string of the molecule is O=C(c1ccc(NS(=O)(=O)c2cccc3cccnc23)cc1)N1CCCN(Cc2c(O)cccc2F)CC1. The maximum absolute atomic E-state index is 14.1. The summed E-state index contributed by atoms with van der Waals surface area (Å²) in [4.78, 5) is 21.2. The van der Waals surface area contributed by atoms with Crippen LogP contribution in [0.5, 0.6) is 5.75 Å². The number of pyridine rings is 1. The van der Waals surface area contributed by atoms with Gasteiger partial charge in [-0.1, -0.05) is 24.3 Å². The fourth-order valence-corrected chi connectivity index (χ4v) is 5.87. The van der Waals surface area contributed by atoms with E-state index in [-0.39, 0.29) is 28.7 Å². The Morgan fingerprint density at radius 2 is 1.71 bits per heavy atom. The van der Waals surface area contributed by atoms with Gasteiger partial charge in [-0.3, -0.25) is 19.4 Å². The molecule has 1 aromatic heterocycles. The summed E-state index contributed by atoms with van der Waals surface area (Å²) in [5.74, 6) is -0.683. The number of phenols is 1. The van der Waals surface area contributed by atoms with E-state index in [4.69, 9.17) is 0 Å². The first-order valence-corrected chi connectivity index (χ1v) is 13.7. The maximum Gasteiger partial charge on any atom is 0.264 e. The van der Waals surface area contributed by atoms with Crippen molar-refractivity contribution in [3.8, 4) is 5.75 Å². The fraction of sp³-hybridized carbons (Fsp3) is 0.214. The summed E-state index contributed by atoms with van der Waals surface area (Å²) < 4.78 is 42.8. The molecule has 2 N–H and O–H groups in total. The molecule has 1 aliphatic rings. The monoisotopic (exact) mass is 534 g/mol. The zero-order chi connectivity index (χ0) is 26.7. The Labute approximate surface area is 220 Å². The lowest BCUT2D eigenvalue weighted by atomic mass is 10.1. The van der Waals surface area contributed by atoms with Crippen molar-refractivity contribution < 1.29 is 22.7 Å². The van der Waals surface area contributed by atoms with Crippen molar-refractivity contribution in [1.29, 1.82) is 0 Å². The molecule has 0 spiro atoms. The van der Waals surface area contributed by atoms with Gasteiger partial charge in [0.2, 0.25) is 0 Å². The molecule has 0 atom stereocenters. The molecule has 1 amide bonds. The first-order valence-electron chi connectivity index (χ1n) is 12.3. The number of phenolic OH excluding ortho intramolecular Hbond substituents is 1. The highest BCUT2D eigenvalue weighted by Gasteiger charge is 2.23. The van der Waals surface area contributed by atoms with Crippen LogP contribution in [0.25, 0.3) is 10.9 Å². The highest BCUT2D eigenvalue weighted by Crippen LogP contribution is 2.25. The van der Waals surface area contributed by atoms with Gasteiger partial charge in [-0.15, -0.1) is 0 Å². The Balaban J connectivity index is 1.24. The molecule has 8 nitrogen and oxygen atoms in total. The van der Waals surface area contributed by atoms with E-state index in [9.17, 15) is 22.7 Å². The van der Waals surface area contributed by atoms with Gasteiger partial charge in [-0.2, -0.15) is 0 Å². The van der Waals surface area contributed by atoms with E-state index in [1.165, 1.54) is 24.3 Å². The van der Waals surface area contributed by atoms with Crippen LogP contribution in [0, 0.1) is 5.82 Å². The van der Waals surface area contributed by atoms with Crippen LogP contribution in [0.3, 0.4) is 0 Å². The van der Waals surface area contributed by atoms with E-state index in [0.29, 0.717) is 49.4 Å². The van der Waals surface area contributed by atoms with E-state index >= 15 is 0 Å². The second-order valence-corrected chi connectivity index (χ2v) is 10.8. The van der Waals surface area contributed by atoms with E-state index in [2.05, 4.69) is 9.71 Å². The number of aromatic hydroxyl groups is 1. The van der Waals surface area contributed by atoms with E-state index < -0.39 is 15.8 Å². The number of fused-ring (bicyclic) bond motifs is 1. The van der Waals surface area contributed by atoms with Crippen LogP contribution in [-0.4, -0.2) is 60.4 Å². The Morgan fingerprint density at radius 1 is 0.947 bits per heavy atom. The van der Waals surface area contributed by atoms with Gasteiger partial charge in [-0.25, -0.2) is 12.8 Å². The highest BCUT2D eigenvalue weighted by molar-refractivity contribution is 7.93. The van der Waals surface area contributed by atoms with Crippen LogP contribution in [-0.2, 0) is 16.6 Å².